The second-order valence-corrected chi connectivity index (χ2v) is 7.77. The maximum absolute atomic E-state index is 12.4. The molecule has 2 aromatic rings. The number of nitrogens with zero attached hydrogens (tertiary/aromatic N) is 1. The zero-order chi connectivity index (χ0) is 19.2. The van der Waals surface area contributed by atoms with Gasteiger partial charge in [0.1, 0.15) is 5.75 Å². The van der Waals surface area contributed by atoms with Gasteiger partial charge >= 0.3 is 0 Å². The van der Waals surface area contributed by atoms with Gasteiger partial charge in [0.05, 0.1) is 0 Å². The van der Waals surface area contributed by atoms with E-state index in [2.05, 4.69) is 22.3 Å². The summed E-state index contributed by atoms with van der Waals surface area (Å²) in [5.41, 5.74) is 1.26. The van der Waals surface area contributed by atoms with E-state index >= 15 is 0 Å². The van der Waals surface area contributed by atoms with E-state index in [9.17, 15) is 4.79 Å². The highest BCUT2D eigenvalue weighted by molar-refractivity contribution is 6.30. The van der Waals surface area contributed by atoms with Crippen molar-refractivity contribution >= 4 is 29.1 Å². The number of ether oxygens (including phenoxy) is 1. The number of carbonyl (C=O) groups is 1. The van der Waals surface area contributed by atoms with E-state index in [4.69, 9.17) is 27.9 Å². The normalized spacial score (nSPS) is 16.7. The van der Waals surface area contributed by atoms with Crippen LogP contribution < -0.4 is 10.1 Å². The topological polar surface area (TPSA) is 41.6 Å². The van der Waals surface area contributed by atoms with Crippen molar-refractivity contribution in [2.45, 2.75) is 38.5 Å². The summed E-state index contributed by atoms with van der Waals surface area (Å²) in [5.74, 6) is 0.556. The van der Waals surface area contributed by atoms with E-state index in [1.165, 1.54) is 5.56 Å². The summed E-state index contributed by atoms with van der Waals surface area (Å²) >= 11 is 11.8. The van der Waals surface area contributed by atoms with Crippen molar-refractivity contribution in [1.82, 2.24) is 10.2 Å². The molecule has 6 heteroatoms. The smallest absolute Gasteiger partial charge is 0.260 e. The first-order chi connectivity index (χ1) is 13.0. The lowest BCUT2D eigenvalue weighted by atomic mass is 10.0. The molecule has 1 unspecified atom stereocenters. The summed E-state index contributed by atoms with van der Waals surface area (Å²) < 4.78 is 5.69. The molecule has 1 atom stereocenters. The van der Waals surface area contributed by atoms with Gasteiger partial charge in [-0.05, 0) is 61.7 Å². The SMILES string of the molecule is CC(Oc1ccc(Cl)cc1)C(=O)NC1CCN(Cc2ccc(Cl)cc2)CC1. The number of carbonyl (C=O) groups excluding carboxylic acids is 1. The lowest BCUT2D eigenvalue weighted by molar-refractivity contribution is -0.128. The molecule has 1 aliphatic rings. The molecule has 0 aliphatic carbocycles. The van der Waals surface area contributed by atoms with Crippen LogP contribution in [0.5, 0.6) is 5.75 Å². The Balaban J connectivity index is 1.42. The van der Waals surface area contributed by atoms with Crippen LogP contribution in [-0.4, -0.2) is 36.0 Å². The van der Waals surface area contributed by atoms with Gasteiger partial charge in [-0.2, -0.15) is 0 Å². The van der Waals surface area contributed by atoms with Crippen LogP contribution in [0.1, 0.15) is 25.3 Å². The van der Waals surface area contributed by atoms with Crippen LogP contribution >= 0.6 is 23.2 Å². The molecular weight excluding hydrogens is 383 g/mol. The summed E-state index contributed by atoms with van der Waals surface area (Å²) in [4.78, 5) is 14.8. The molecule has 3 rings (SSSR count). The third-order valence-electron chi connectivity index (χ3n) is 4.75. The molecule has 1 fully saturated rings. The molecule has 1 N–H and O–H groups in total. The second kappa shape index (κ2) is 9.45. The standard InChI is InChI=1S/C21H24Cl2N2O2/c1-15(27-20-8-6-18(23)7-9-20)21(26)24-19-10-12-25(13-11-19)14-16-2-4-17(22)5-3-16/h2-9,15,19H,10-14H2,1H3,(H,24,26). The van der Waals surface area contributed by atoms with Crippen molar-refractivity contribution in [1.29, 1.82) is 0 Å². The van der Waals surface area contributed by atoms with Gasteiger partial charge in [0.2, 0.25) is 0 Å². The first-order valence-corrected chi connectivity index (χ1v) is 9.94. The van der Waals surface area contributed by atoms with Crippen molar-refractivity contribution in [3.05, 3.63) is 64.1 Å². The lowest BCUT2D eigenvalue weighted by Gasteiger charge is -2.32. The number of hydrogen-bond acceptors (Lipinski definition) is 3. The molecule has 1 saturated heterocycles. The molecule has 1 aliphatic heterocycles. The van der Waals surface area contributed by atoms with Crippen LogP contribution in [0.15, 0.2) is 48.5 Å². The van der Waals surface area contributed by atoms with E-state index in [0.29, 0.717) is 10.8 Å². The third-order valence-corrected chi connectivity index (χ3v) is 5.25. The highest BCUT2D eigenvalue weighted by atomic mass is 35.5. The van der Waals surface area contributed by atoms with Gasteiger partial charge in [0.25, 0.3) is 5.91 Å². The van der Waals surface area contributed by atoms with E-state index in [0.717, 1.165) is 37.5 Å². The van der Waals surface area contributed by atoms with E-state index in [1.54, 1.807) is 31.2 Å². The van der Waals surface area contributed by atoms with Gasteiger partial charge in [0.15, 0.2) is 6.10 Å². The van der Waals surface area contributed by atoms with Crippen LogP contribution in [0, 0.1) is 0 Å². The molecule has 0 spiro atoms. The summed E-state index contributed by atoms with van der Waals surface area (Å²) in [6.07, 6.45) is 1.33. The molecule has 2 aromatic carbocycles. The minimum Gasteiger partial charge on any atom is -0.481 e. The zero-order valence-corrected chi connectivity index (χ0v) is 16.8. The number of rotatable bonds is 6. The molecule has 27 heavy (non-hydrogen) atoms. The number of benzene rings is 2. The van der Waals surface area contributed by atoms with Crippen LogP contribution in [0.3, 0.4) is 0 Å². The average Bonchev–Trinajstić information content (AvgIpc) is 2.67. The van der Waals surface area contributed by atoms with Gasteiger partial charge in [0, 0.05) is 35.7 Å². The number of hydrogen-bond donors (Lipinski definition) is 1. The van der Waals surface area contributed by atoms with E-state index in [1.807, 2.05) is 12.1 Å². The fourth-order valence-corrected chi connectivity index (χ4v) is 3.42. The molecule has 0 aromatic heterocycles. The number of amides is 1. The molecule has 0 radical (unpaired) electrons. The van der Waals surface area contributed by atoms with Crippen molar-refractivity contribution < 1.29 is 9.53 Å². The first kappa shape index (κ1) is 20.0. The van der Waals surface area contributed by atoms with Crippen LogP contribution in [0.2, 0.25) is 10.0 Å². The van der Waals surface area contributed by atoms with E-state index < -0.39 is 6.10 Å². The Bertz CT molecular complexity index is 742. The van der Waals surface area contributed by atoms with Gasteiger partial charge in [-0.1, -0.05) is 35.3 Å². The minimum atomic E-state index is -0.543. The molecule has 1 heterocycles. The Kier molecular flexibility index (Phi) is 7.00. The Morgan fingerprint density at radius 1 is 1.07 bits per heavy atom. The third kappa shape index (κ3) is 6.13. The Morgan fingerprint density at radius 2 is 1.63 bits per heavy atom. The van der Waals surface area contributed by atoms with E-state index in [-0.39, 0.29) is 11.9 Å². The Labute approximate surface area is 170 Å². The van der Waals surface area contributed by atoms with Gasteiger partial charge < -0.3 is 10.1 Å². The van der Waals surface area contributed by atoms with Gasteiger partial charge in [-0.3, -0.25) is 9.69 Å². The maximum Gasteiger partial charge on any atom is 0.260 e. The van der Waals surface area contributed by atoms with Crippen LogP contribution in [0.4, 0.5) is 0 Å². The monoisotopic (exact) mass is 406 g/mol. The number of piperidine rings is 1. The van der Waals surface area contributed by atoms with Crippen molar-refractivity contribution in [2.75, 3.05) is 13.1 Å². The number of halogens is 2. The van der Waals surface area contributed by atoms with Crippen molar-refractivity contribution in [2.24, 2.45) is 0 Å². The minimum absolute atomic E-state index is 0.0823. The molecule has 1 amide bonds. The maximum atomic E-state index is 12.4. The lowest BCUT2D eigenvalue weighted by Crippen LogP contribution is -2.47. The van der Waals surface area contributed by atoms with Gasteiger partial charge in [-0.25, -0.2) is 0 Å². The van der Waals surface area contributed by atoms with Crippen molar-refractivity contribution in [3.63, 3.8) is 0 Å². The fraction of sp³-hybridized carbons (Fsp3) is 0.381. The largest absolute Gasteiger partial charge is 0.481 e. The Morgan fingerprint density at radius 3 is 2.22 bits per heavy atom. The highest BCUT2D eigenvalue weighted by Gasteiger charge is 2.23. The zero-order valence-electron chi connectivity index (χ0n) is 15.3. The highest BCUT2D eigenvalue weighted by Crippen LogP contribution is 2.18. The predicted octanol–water partition coefficient (Wildman–Crippen LogP) is 4.54. The number of nitrogens with one attached hydrogen (secondary N) is 1. The summed E-state index contributed by atoms with van der Waals surface area (Å²) in [6.45, 7) is 4.59. The molecule has 144 valence electrons. The molecule has 0 bridgehead atoms. The molecular formula is C21H24Cl2N2O2. The molecule has 0 saturated carbocycles. The fourth-order valence-electron chi connectivity index (χ4n) is 3.17. The number of likely N-dealkylation sites (tertiary alicyclic amines) is 1. The van der Waals surface area contributed by atoms with Gasteiger partial charge in [-0.15, -0.1) is 0 Å². The summed E-state index contributed by atoms with van der Waals surface area (Å²) in [6, 6.07) is 15.2. The van der Waals surface area contributed by atoms with Crippen molar-refractivity contribution in [3.8, 4) is 5.75 Å². The average molecular weight is 407 g/mol. The van der Waals surface area contributed by atoms with Crippen LogP contribution in [-0.2, 0) is 11.3 Å². The second-order valence-electron chi connectivity index (χ2n) is 6.90. The first-order valence-electron chi connectivity index (χ1n) is 9.19. The molecule has 4 nitrogen and oxygen atoms in total. The summed E-state index contributed by atoms with van der Waals surface area (Å²) in [5, 5.41) is 4.51. The Hall–Kier alpha value is -1.75. The van der Waals surface area contributed by atoms with Crippen LogP contribution in [0.25, 0.3) is 0 Å². The summed E-state index contributed by atoms with van der Waals surface area (Å²) in [7, 11) is 0. The predicted molar refractivity (Wildman–Crippen MR) is 109 cm³/mol. The quantitative estimate of drug-likeness (QED) is 0.765.